The minimum atomic E-state index is -4.28. The van der Waals surface area contributed by atoms with Crippen LogP contribution in [0.25, 0.3) is 0 Å². The van der Waals surface area contributed by atoms with E-state index in [4.69, 9.17) is 5.26 Å². The Bertz CT molecular complexity index is 777. The van der Waals surface area contributed by atoms with Gasteiger partial charge in [0.2, 0.25) is 5.91 Å². The molecule has 1 fully saturated rings. The molecular formula is C13H11BrF2N2O3S. The lowest BCUT2D eigenvalue weighted by Crippen LogP contribution is -2.44. The van der Waals surface area contributed by atoms with E-state index >= 15 is 0 Å². The van der Waals surface area contributed by atoms with Crippen LogP contribution in [0.15, 0.2) is 27.6 Å². The van der Waals surface area contributed by atoms with Gasteiger partial charge < -0.3 is 0 Å². The molecule has 1 aromatic rings. The zero-order valence-electron chi connectivity index (χ0n) is 11.4. The summed E-state index contributed by atoms with van der Waals surface area (Å²) < 4.78 is 53.1. The number of nitriles is 1. The zero-order valence-corrected chi connectivity index (χ0v) is 13.8. The number of benzene rings is 1. The Kier molecular flexibility index (Phi) is 4.04. The molecule has 1 saturated carbocycles. The van der Waals surface area contributed by atoms with Crippen LogP contribution >= 0.6 is 15.9 Å². The minimum absolute atomic E-state index is 0.0606. The molecule has 9 heteroatoms. The normalized spacial score (nSPS) is 16.7. The third-order valence-corrected chi connectivity index (χ3v) is 5.61. The molecule has 0 unspecified atom stereocenters. The fourth-order valence-corrected chi connectivity index (χ4v) is 3.72. The third-order valence-electron chi connectivity index (χ3n) is 3.62. The van der Waals surface area contributed by atoms with E-state index in [1.54, 1.807) is 4.72 Å². The van der Waals surface area contributed by atoms with Gasteiger partial charge in [0, 0.05) is 11.4 Å². The van der Waals surface area contributed by atoms with Crippen LogP contribution in [0, 0.1) is 16.7 Å². The molecule has 0 bridgehead atoms. The number of carbonyl (C=O) groups is 1. The molecule has 0 spiro atoms. The van der Waals surface area contributed by atoms with Gasteiger partial charge in [-0.1, -0.05) is 0 Å². The molecule has 2 rings (SSSR count). The molecule has 1 aliphatic carbocycles. The Morgan fingerprint density at radius 2 is 2.05 bits per heavy atom. The number of nitrogens with one attached hydrogen (secondary N) is 1. The molecular weight excluding hydrogens is 382 g/mol. The van der Waals surface area contributed by atoms with Crippen molar-refractivity contribution in [3.8, 4) is 6.07 Å². The van der Waals surface area contributed by atoms with E-state index in [0.29, 0.717) is 6.92 Å². The second kappa shape index (κ2) is 5.28. The highest BCUT2D eigenvalue weighted by molar-refractivity contribution is 9.10. The summed E-state index contributed by atoms with van der Waals surface area (Å²) in [5.41, 5.74) is -1.74. The Hall–Kier alpha value is -1.53. The number of carbonyl (C=O) groups excluding carboxylic acids is 1. The molecule has 1 aliphatic rings. The topological polar surface area (TPSA) is 87.0 Å². The second-order valence-corrected chi connectivity index (χ2v) is 7.70. The van der Waals surface area contributed by atoms with Gasteiger partial charge in [-0.3, -0.25) is 4.79 Å². The monoisotopic (exact) mass is 392 g/mol. The molecule has 1 N–H and O–H groups in total. The smallest absolute Gasteiger partial charge is 0.264 e. The number of hydrogen-bond donors (Lipinski definition) is 1. The fraction of sp³-hybridized carbons (Fsp3) is 0.385. The highest BCUT2D eigenvalue weighted by Crippen LogP contribution is 2.56. The number of amides is 1. The first kappa shape index (κ1) is 16.8. The minimum Gasteiger partial charge on any atom is -0.273 e. The van der Waals surface area contributed by atoms with Crippen molar-refractivity contribution >= 4 is 31.9 Å². The number of alkyl halides is 2. The predicted molar refractivity (Wildman–Crippen MR) is 76.5 cm³/mol. The summed E-state index contributed by atoms with van der Waals surface area (Å²) in [7, 11) is -4.28. The Labute approximate surface area is 134 Å². The molecule has 0 radical (unpaired) electrons. The first-order chi connectivity index (χ1) is 10.0. The molecule has 0 aliphatic heterocycles. The average Bonchev–Trinajstić information content (AvgIpc) is 3.18. The maximum Gasteiger partial charge on any atom is 0.264 e. The maximum atomic E-state index is 13.5. The van der Waals surface area contributed by atoms with Gasteiger partial charge in [0.05, 0.1) is 10.5 Å². The SMILES string of the molecule is CC(F)(F)C1(C(=O)NS(=O)(=O)c2ccc(C#N)c(Br)c2)CC1. The van der Waals surface area contributed by atoms with Crippen LogP contribution in [0.5, 0.6) is 0 Å². The Balaban J connectivity index is 2.28. The number of sulfonamides is 1. The van der Waals surface area contributed by atoms with E-state index in [9.17, 15) is 22.0 Å². The number of nitrogens with zero attached hydrogens (tertiary/aromatic N) is 1. The summed E-state index contributed by atoms with van der Waals surface area (Å²) in [4.78, 5) is 11.6. The summed E-state index contributed by atoms with van der Waals surface area (Å²) in [6.07, 6.45) is -0.121. The predicted octanol–water partition coefficient (Wildman–Crippen LogP) is 2.56. The standard InChI is InChI=1S/C13H11BrF2N2O3S/c1-12(15,16)13(4-5-13)11(19)18-22(20,21)9-3-2-8(7-17)10(14)6-9/h2-3,6H,4-5H2,1H3,(H,18,19). The van der Waals surface area contributed by atoms with E-state index in [0.717, 1.165) is 12.1 Å². The van der Waals surface area contributed by atoms with E-state index in [2.05, 4.69) is 15.9 Å². The van der Waals surface area contributed by atoms with Gasteiger partial charge in [-0.15, -0.1) is 0 Å². The van der Waals surface area contributed by atoms with Crippen LogP contribution in [0.1, 0.15) is 25.3 Å². The molecule has 1 aromatic carbocycles. The highest BCUT2D eigenvalue weighted by atomic mass is 79.9. The van der Waals surface area contributed by atoms with Gasteiger partial charge in [0.15, 0.2) is 0 Å². The quantitative estimate of drug-likeness (QED) is 0.852. The van der Waals surface area contributed by atoms with Crippen molar-refractivity contribution in [3.05, 3.63) is 28.2 Å². The van der Waals surface area contributed by atoms with Crippen molar-refractivity contribution in [2.45, 2.75) is 30.6 Å². The Morgan fingerprint density at radius 1 is 1.45 bits per heavy atom. The molecule has 0 heterocycles. The lowest BCUT2D eigenvalue weighted by molar-refractivity contribution is -0.139. The van der Waals surface area contributed by atoms with E-state index in [-0.39, 0.29) is 27.8 Å². The molecule has 0 atom stereocenters. The van der Waals surface area contributed by atoms with Crippen molar-refractivity contribution in [3.63, 3.8) is 0 Å². The fourth-order valence-electron chi connectivity index (χ4n) is 2.02. The van der Waals surface area contributed by atoms with E-state index < -0.39 is 27.3 Å². The summed E-state index contributed by atoms with van der Waals surface area (Å²) in [6, 6.07) is 5.36. The molecule has 1 amide bonds. The first-order valence-electron chi connectivity index (χ1n) is 6.18. The first-order valence-corrected chi connectivity index (χ1v) is 8.46. The summed E-state index contributed by atoms with van der Waals surface area (Å²) in [5.74, 6) is -4.50. The van der Waals surface area contributed by atoms with Crippen molar-refractivity contribution in [1.82, 2.24) is 4.72 Å². The van der Waals surface area contributed by atoms with Crippen LogP contribution in [-0.4, -0.2) is 20.2 Å². The molecule has 118 valence electrons. The maximum absolute atomic E-state index is 13.5. The molecule has 0 saturated heterocycles. The van der Waals surface area contributed by atoms with Gasteiger partial charge >= 0.3 is 0 Å². The third kappa shape index (κ3) is 2.85. The van der Waals surface area contributed by atoms with E-state index in [1.165, 1.54) is 6.07 Å². The van der Waals surface area contributed by atoms with Crippen molar-refractivity contribution in [1.29, 1.82) is 5.26 Å². The lowest BCUT2D eigenvalue weighted by Gasteiger charge is -2.21. The summed E-state index contributed by atoms with van der Waals surface area (Å²) >= 11 is 3.03. The number of rotatable bonds is 4. The molecule has 5 nitrogen and oxygen atoms in total. The van der Waals surface area contributed by atoms with Crippen LogP contribution in [0.4, 0.5) is 8.78 Å². The summed E-state index contributed by atoms with van der Waals surface area (Å²) in [6.45, 7) is 0.602. The van der Waals surface area contributed by atoms with Gasteiger partial charge in [-0.25, -0.2) is 21.9 Å². The van der Waals surface area contributed by atoms with Crippen LogP contribution in [-0.2, 0) is 14.8 Å². The molecule has 22 heavy (non-hydrogen) atoms. The number of halogens is 3. The largest absolute Gasteiger partial charge is 0.273 e. The zero-order chi connectivity index (χ0) is 16.8. The summed E-state index contributed by atoms with van der Waals surface area (Å²) in [5, 5.41) is 8.78. The van der Waals surface area contributed by atoms with Crippen molar-refractivity contribution in [2.24, 2.45) is 5.41 Å². The Morgan fingerprint density at radius 3 is 2.45 bits per heavy atom. The van der Waals surface area contributed by atoms with Gasteiger partial charge in [-0.2, -0.15) is 5.26 Å². The van der Waals surface area contributed by atoms with Gasteiger partial charge in [0.1, 0.15) is 11.5 Å². The lowest BCUT2D eigenvalue weighted by atomic mass is 9.99. The molecule has 0 aromatic heterocycles. The van der Waals surface area contributed by atoms with Gasteiger partial charge in [0.25, 0.3) is 15.9 Å². The van der Waals surface area contributed by atoms with Crippen LogP contribution < -0.4 is 4.72 Å². The average molecular weight is 393 g/mol. The van der Waals surface area contributed by atoms with Crippen molar-refractivity contribution < 1.29 is 22.0 Å². The van der Waals surface area contributed by atoms with Crippen LogP contribution in [0.3, 0.4) is 0 Å². The van der Waals surface area contributed by atoms with Crippen LogP contribution in [0.2, 0.25) is 0 Å². The highest BCUT2D eigenvalue weighted by Gasteiger charge is 2.65. The van der Waals surface area contributed by atoms with Gasteiger partial charge in [-0.05, 0) is 47.0 Å². The number of hydrogen-bond acceptors (Lipinski definition) is 4. The van der Waals surface area contributed by atoms with Crippen molar-refractivity contribution in [2.75, 3.05) is 0 Å². The second-order valence-electron chi connectivity index (χ2n) is 5.16. The van der Waals surface area contributed by atoms with E-state index in [1.807, 2.05) is 6.07 Å².